The molecular weight excluding hydrogens is 436 g/mol. The lowest BCUT2D eigenvalue weighted by Gasteiger charge is -2.33. The van der Waals surface area contributed by atoms with Crippen molar-refractivity contribution in [1.82, 2.24) is 9.62 Å². The van der Waals surface area contributed by atoms with E-state index >= 15 is 0 Å². The highest BCUT2D eigenvalue weighted by atomic mass is 35.5. The fourth-order valence-electron chi connectivity index (χ4n) is 3.98. The van der Waals surface area contributed by atoms with Gasteiger partial charge in [0.2, 0.25) is 15.9 Å². The van der Waals surface area contributed by atoms with Crippen LogP contribution in [0.3, 0.4) is 0 Å². The van der Waals surface area contributed by atoms with Gasteiger partial charge in [-0.2, -0.15) is 4.31 Å². The predicted octanol–water partition coefficient (Wildman–Crippen LogP) is 4.55. The number of hydrogen-bond acceptors (Lipinski definition) is 4. The third kappa shape index (κ3) is 5.79. The summed E-state index contributed by atoms with van der Waals surface area (Å²) < 4.78 is 33.5. The van der Waals surface area contributed by atoms with E-state index in [4.69, 9.17) is 16.3 Å². The van der Waals surface area contributed by atoms with Crippen LogP contribution in [0.5, 0.6) is 5.75 Å². The Hall–Kier alpha value is -2.09. The first-order valence-corrected chi connectivity index (χ1v) is 12.3. The minimum absolute atomic E-state index is 0.0628. The first kappa shape index (κ1) is 23.6. The number of carbonyl (C=O) groups excluding carboxylic acids is 1. The van der Waals surface area contributed by atoms with Crippen molar-refractivity contribution in [1.29, 1.82) is 0 Å². The second kappa shape index (κ2) is 10.5. The smallest absolute Gasteiger partial charge is 0.243 e. The van der Waals surface area contributed by atoms with Gasteiger partial charge >= 0.3 is 0 Å². The van der Waals surface area contributed by atoms with E-state index in [1.165, 1.54) is 29.6 Å². The first-order chi connectivity index (χ1) is 14.8. The summed E-state index contributed by atoms with van der Waals surface area (Å²) in [5, 5.41) is 3.14. The predicted molar refractivity (Wildman–Crippen MR) is 122 cm³/mol. The van der Waals surface area contributed by atoms with E-state index in [-0.39, 0.29) is 34.5 Å². The number of rotatable bonds is 8. The molecule has 0 bridgehead atoms. The van der Waals surface area contributed by atoms with Gasteiger partial charge in [0, 0.05) is 6.04 Å². The zero-order valence-corrected chi connectivity index (χ0v) is 19.5. The van der Waals surface area contributed by atoms with Crippen molar-refractivity contribution in [3.8, 4) is 5.75 Å². The Morgan fingerprint density at radius 3 is 2.45 bits per heavy atom. The van der Waals surface area contributed by atoms with Crippen molar-refractivity contribution in [3.05, 3.63) is 59.1 Å². The van der Waals surface area contributed by atoms with Gasteiger partial charge in [-0.05, 0) is 43.5 Å². The standard InChI is InChI=1S/C23H29ClN2O4S/c1-17(18-9-5-3-6-10-18)25-23(27)16-26(19-11-7-4-8-12-19)31(28,29)20-13-14-22(30-2)21(24)15-20/h3,5-6,9-10,13-15,17,19H,4,7-8,11-12,16H2,1-2H3,(H,25,27)/t17-/m1/s1. The molecule has 2 aromatic carbocycles. The Kier molecular flexibility index (Phi) is 7.97. The van der Waals surface area contributed by atoms with Gasteiger partial charge < -0.3 is 10.1 Å². The molecule has 1 fully saturated rings. The highest BCUT2D eigenvalue weighted by Gasteiger charge is 2.34. The molecule has 0 unspecified atom stereocenters. The van der Waals surface area contributed by atoms with E-state index in [2.05, 4.69) is 5.32 Å². The van der Waals surface area contributed by atoms with Crippen molar-refractivity contribution in [2.24, 2.45) is 0 Å². The fourth-order valence-corrected chi connectivity index (χ4v) is 5.97. The molecule has 168 valence electrons. The Morgan fingerprint density at radius 2 is 1.84 bits per heavy atom. The topological polar surface area (TPSA) is 75.7 Å². The maximum atomic E-state index is 13.5. The molecule has 0 radical (unpaired) electrons. The quantitative estimate of drug-likeness (QED) is 0.621. The number of amides is 1. The van der Waals surface area contributed by atoms with Gasteiger partial charge in [0.25, 0.3) is 0 Å². The molecule has 0 saturated heterocycles. The summed E-state index contributed by atoms with van der Waals surface area (Å²) in [6.45, 7) is 1.66. The minimum atomic E-state index is -3.91. The molecule has 31 heavy (non-hydrogen) atoms. The number of nitrogens with zero attached hydrogens (tertiary/aromatic N) is 1. The van der Waals surface area contributed by atoms with Crippen LogP contribution in [0.15, 0.2) is 53.4 Å². The van der Waals surface area contributed by atoms with E-state index in [1.54, 1.807) is 0 Å². The second-order valence-electron chi connectivity index (χ2n) is 7.84. The van der Waals surface area contributed by atoms with Crippen LogP contribution in [0.1, 0.15) is 50.6 Å². The molecule has 1 atom stereocenters. The largest absolute Gasteiger partial charge is 0.495 e. The van der Waals surface area contributed by atoms with Crippen LogP contribution in [0, 0.1) is 0 Å². The Balaban J connectivity index is 1.84. The maximum absolute atomic E-state index is 13.5. The molecule has 0 aromatic heterocycles. The van der Waals surface area contributed by atoms with Gasteiger partial charge in [-0.25, -0.2) is 8.42 Å². The average Bonchev–Trinajstić information content (AvgIpc) is 2.78. The Morgan fingerprint density at radius 1 is 1.16 bits per heavy atom. The van der Waals surface area contributed by atoms with E-state index < -0.39 is 10.0 Å². The Labute approximate surface area is 189 Å². The van der Waals surface area contributed by atoms with Crippen molar-refractivity contribution in [2.45, 2.75) is 56.0 Å². The first-order valence-electron chi connectivity index (χ1n) is 10.5. The summed E-state index contributed by atoms with van der Waals surface area (Å²) in [4.78, 5) is 12.9. The third-order valence-electron chi connectivity index (χ3n) is 5.69. The molecular formula is C23H29ClN2O4S. The van der Waals surface area contributed by atoms with E-state index in [1.807, 2.05) is 37.3 Å². The zero-order valence-electron chi connectivity index (χ0n) is 17.9. The number of ether oxygens (including phenoxy) is 1. The van der Waals surface area contributed by atoms with Crippen molar-refractivity contribution < 1.29 is 17.9 Å². The van der Waals surface area contributed by atoms with E-state index in [9.17, 15) is 13.2 Å². The monoisotopic (exact) mass is 464 g/mol. The van der Waals surface area contributed by atoms with Gasteiger partial charge in [-0.1, -0.05) is 61.2 Å². The minimum Gasteiger partial charge on any atom is -0.495 e. The van der Waals surface area contributed by atoms with Gasteiger partial charge in [0.05, 0.1) is 29.6 Å². The molecule has 1 aliphatic rings. The molecule has 1 amide bonds. The lowest BCUT2D eigenvalue weighted by molar-refractivity contribution is -0.122. The molecule has 3 rings (SSSR count). The number of halogens is 1. The highest BCUT2D eigenvalue weighted by molar-refractivity contribution is 7.89. The van der Waals surface area contributed by atoms with Crippen molar-refractivity contribution in [3.63, 3.8) is 0 Å². The number of nitrogens with one attached hydrogen (secondary N) is 1. The Bertz CT molecular complexity index is 992. The van der Waals surface area contributed by atoms with Gasteiger partial charge in [0.1, 0.15) is 5.75 Å². The molecule has 1 saturated carbocycles. The number of carbonyl (C=O) groups is 1. The maximum Gasteiger partial charge on any atom is 0.243 e. The number of methoxy groups -OCH3 is 1. The fraction of sp³-hybridized carbons (Fsp3) is 0.435. The van der Waals surface area contributed by atoms with Gasteiger partial charge in [0.15, 0.2) is 0 Å². The van der Waals surface area contributed by atoms with Crippen molar-refractivity contribution in [2.75, 3.05) is 13.7 Å². The molecule has 2 aromatic rings. The molecule has 0 heterocycles. The summed E-state index contributed by atoms with van der Waals surface area (Å²) in [7, 11) is -2.44. The summed E-state index contributed by atoms with van der Waals surface area (Å²) in [6.07, 6.45) is 4.45. The van der Waals surface area contributed by atoms with Crippen LogP contribution in [0.2, 0.25) is 5.02 Å². The highest BCUT2D eigenvalue weighted by Crippen LogP contribution is 2.31. The number of hydrogen-bond donors (Lipinski definition) is 1. The molecule has 8 heteroatoms. The zero-order chi connectivity index (χ0) is 22.4. The van der Waals surface area contributed by atoms with Gasteiger partial charge in [-0.3, -0.25) is 4.79 Å². The lowest BCUT2D eigenvalue weighted by atomic mass is 9.95. The summed E-state index contributed by atoms with van der Waals surface area (Å²) >= 11 is 6.18. The van der Waals surface area contributed by atoms with Crippen LogP contribution in [-0.2, 0) is 14.8 Å². The van der Waals surface area contributed by atoms with Crippen LogP contribution in [0.25, 0.3) is 0 Å². The van der Waals surface area contributed by atoms with Crippen LogP contribution >= 0.6 is 11.6 Å². The second-order valence-corrected chi connectivity index (χ2v) is 10.1. The number of sulfonamides is 1. The van der Waals surface area contributed by atoms with Crippen LogP contribution in [-0.4, -0.2) is 38.3 Å². The third-order valence-corrected chi connectivity index (χ3v) is 7.88. The average molecular weight is 465 g/mol. The lowest BCUT2D eigenvalue weighted by Crippen LogP contribution is -2.47. The van der Waals surface area contributed by atoms with E-state index in [0.29, 0.717) is 5.75 Å². The molecule has 1 aliphatic carbocycles. The summed E-state index contributed by atoms with van der Waals surface area (Å²) in [6, 6.07) is 13.5. The molecule has 1 N–H and O–H groups in total. The van der Waals surface area contributed by atoms with Crippen molar-refractivity contribution >= 4 is 27.5 Å². The normalized spacial score (nSPS) is 16.1. The molecule has 0 aliphatic heterocycles. The van der Waals surface area contributed by atoms with Gasteiger partial charge in [-0.15, -0.1) is 0 Å². The number of benzene rings is 2. The SMILES string of the molecule is COc1ccc(S(=O)(=O)N(CC(=O)N[C@H](C)c2ccccc2)C2CCCCC2)cc1Cl. The van der Waals surface area contributed by atoms with Crippen LogP contribution < -0.4 is 10.1 Å². The van der Waals surface area contributed by atoms with E-state index in [0.717, 1.165) is 37.7 Å². The summed E-state index contributed by atoms with van der Waals surface area (Å²) in [5.41, 5.74) is 0.963. The summed E-state index contributed by atoms with van der Waals surface area (Å²) in [5.74, 6) is 0.0735. The van der Waals surface area contributed by atoms with Crippen LogP contribution in [0.4, 0.5) is 0 Å². The molecule has 0 spiro atoms. The molecule has 6 nitrogen and oxygen atoms in total.